The van der Waals surface area contributed by atoms with E-state index in [1.54, 1.807) is 0 Å². The van der Waals surface area contributed by atoms with Crippen LogP contribution in [-0.2, 0) is 21.0 Å². The lowest BCUT2D eigenvalue weighted by atomic mass is 9.82. The van der Waals surface area contributed by atoms with Crippen molar-refractivity contribution in [2.45, 2.75) is 56.8 Å². The molecule has 2 aromatic carbocycles. The lowest BCUT2D eigenvalue weighted by Gasteiger charge is -2.29. The maximum atomic E-state index is 13.1. The quantitative estimate of drug-likeness (QED) is 0.194. The number of rotatable bonds is 10. The number of aliphatic carboxylic acids is 1. The minimum atomic E-state index is -5.08. The summed E-state index contributed by atoms with van der Waals surface area (Å²) >= 11 is 5.93. The van der Waals surface area contributed by atoms with Gasteiger partial charge in [0.1, 0.15) is 10.7 Å². The van der Waals surface area contributed by atoms with E-state index in [0.717, 1.165) is 67.6 Å². The highest BCUT2D eigenvalue weighted by Crippen LogP contribution is 2.34. The van der Waals surface area contributed by atoms with Crippen molar-refractivity contribution in [2.24, 2.45) is 11.8 Å². The number of carboxylic acids is 1. The number of alkyl halides is 6. The summed E-state index contributed by atoms with van der Waals surface area (Å²) in [7, 11) is -4.18. The third kappa shape index (κ3) is 10.1. The fourth-order valence-corrected chi connectivity index (χ4v) is 6.61. The lowest BCUT2D eigenvalue weighted by Crippen LogP contribution is -2.32. The smallest absolute Gasteiger partial charge is 0.475 e. The number of anilines is 2. The molecular formula is C29H34ClF6N5O4S. The highest BCUT2D eigenvalue weighted by Gasteiger charge is 2.38. The number of aromatic nitrogens is 2. The third-order valence-corrected chi connectivity index (χ3v) is 9.42. The van der Waals surface area contributed by atoms with Crippen LogP contribution in [0.15, 0.2) is 47.4 Å². The van der Waals surface area contributed by atoms with Gasteiger partial charge < -0.3 is 15.3 Å². The summed E-state index contributed by atoms with van der Waals surface area (Å²) in [4.78, 5) is 20.0. The zero-order valence-electron chi connectivity index (χ0n) is 24.9. The number of para-hydroxylation sites is 1. The van der Waals surface area contributed by atoms with E-state index in [-0.39, 0.29) is 17.5 Å². The number of benzene rings is 2. The molecule has 3 aromatic rings. The van der Waals surface area contributed by atoms with Crippen LogP contribution in [-0.4, -0.2) is 61.8 Å². The van der Waals surface area contributed by atoms with Gasteiger partial charge in [-0.25, -0.2) is 22.9 Å². The lowest BCUT2D eigenvalue weighted by molar-refractivity contribution is -0.192. The molecule has 0 unspecified atom stereocenters. The number of carbonyl (C=O) groups is 1. The normalized spacial score (nSPS) is 17.2. The predicted molar refractivity (Wildman–Crippen MR) is 162 cm³/mol. The third-order valence-electron chi connectivity index (χ3n) is 7.51. The van der Waals surface area contributed by atoms with E-state index in [0.29, 0.717) is 24.5 Å². The SMILES string of the molecule is CCN(CC)c1nc(NCC2CCC(CNS(=O)(=O)c3cc(C(F)(F)F)ccc3Cl)CC2)nc2ccccc12.O=C(O)C(F)(F)F. The summed E-state index contributed by atoms with van der Waals surface area (Å²) in [5.74, 6) is -0.796. The zero-order chi connectivity index (χ0) is 34.3. The van der Waals surface area contributed by atoms with Crippen LogP contribution in [0.4, 0.5) is 38.1 Å². The number of nitrogens with one attached hydrogen (secondary N) is 2. The first-order valence-corrected chi connectivity index (χ1v) is 16.2. The van der Waals surface area contributed by atoms with Crippen LogP contribution < -0.4 is 14.9 Å². The number of sulfonamides is 1. The molecule has 0 atom stereocenters. The number of fused-ring (bicyclic) bond motifs is 1. The van der Waals surface area contributed by atoms with Gasteiger partial charge in [-0.15, -0.1) is 0 Å². The van der Waals surface area contributed by atoms with Crippen LogP contribution in [0.5, 0.6) is 0 Å². The van der Waals surface area contributed by atoms with Crippen LogP contribution in [0.1, 0.15) is 45.1 Å². The summed E-state index contributed by atoms with van der Waals surface area (Å²) in [5, 5.41) is 11.3. The summed E-state index contributed by atoms with van der Waals surface area (Å²) < 4.78 is 98.8. The van der Waals surface area contributed by atoms with Crippen LogP contribution in [0.25, 0.3) is 10.9 Å². The molecule has 17 heteroatoms. The molecule has 4 rings (SSSR count). The molecule has 1 saturated carbocycles. The first kappa shape index (κ1) is 37.1. The van der Waals surface area contributed by atoms with Gasteiger partial charge in [0.2, 0.25) is 16.0 Å². The monoisotopic (exact) mass is 697 g/mol. The van der Waals surface area contributed by atoms with E-state index in [1.807, 2.05) is 24.3 Å². The van der Waals surface area contributed by atoms with Crippen molar-refractivity contribution in [3.63, 3.8) is 0 Å². The number of hydrogen-bond acceptors (Lipinski definition) is 7. The number of hydrogen-bond donors (Lipinski definition) is 3. The van der Waals surface area contributed by atoms with Gasteiger partial charge in [-0.05, 0) is 81.7 Å². The minimum absolute atomic E-state index is 0.0896. The molecule has 1 aliphatic rings. The van der Waals surface area contributed by atoms with Crippen molar-refractivity contribution in [1.29, 1.82) is 0 Å². The summed E-state index contributed by atoms with van der Waals surface area (Å²) in [6, 6.07) is 10.3. The Morgan fingerprint density at radius 1 is 0.957 bits per heavy atom. The van der Waals surface area contributed by atoms with Crippen LogP contribution >= 0.6 is 11.6 Å². The number of carboxylic acid groups (broad SMARTS) is 1. The van der Waals surface area contributed by atoms with Crippen molar-refractivity contribution in [2.75, 3.05) is 36.4 Å². The van der Waals surface area contributed by atoms with E-state index in [9.17, 15) is 34.8 Å². The Kier molecular flexibility index (Phi) is 12.5. The van der Waals surface area contributed by atoms with Crippen molar-refractivity contribution < 1.29 is 44.7 Å². The maximum absolute atomic E-state index is 13.1. The molecular weight excluding hydrogens is 664 g/mol. The molecule has 3 N–H and O–H groups in total. The largest absolute Gasteiger partial charge is 0.490 e. The van der Waals surface area contributed by atoms with E-state index in [1.165, 1.54) is 0 Å². The summed E-state index contributed by atoms with van der Waals surface area (Å²) in [6.07, 6.45) is -6.37. The Hall–Kier alpha value is -3.37. The van der Waals surface area contributed by atoms with Gasteiger partial charge in [-0.1, -0.05) is 23.7 Å². The fourth-order valence-electron chi connectivity index (χ4n) is 4.97. The molecule has 46 heavy (non-hydrogen) atoms. The first-order chi connectivity index (χ1) is 21.5. The summed E-state index contributed by atoms with van der Waals surface area (Å²) in [5.41, 5.74) is -0.173. The molecule has 0 saturated heterocycles. The highest BCUT2D eigenvalue weighted by molar-refractivity contribution is 7.89. The first-order valence-electron chi connectivity index (χ1n) is 14.4. The van der Waals surface area contributed by atoms with Crippen LogP contribution in [0, 0.1) is 11.8 Å². The van der Waals surface area contributed by atoms with Gasteiger partial charge in [0, 0.05) is 31.6 Å². The van der Waals surface area contributed by atoms with E-state index < -0.39 is 38.8 Å². The molecule has 0 spiro atoms. The Morgan fingerprint density at radius 2 is 1.52 bits per heavy atom. The van der Waals surface area contributed by atoms with Crippen LogP contribution in [0.3, 0.4) is 0 Å². The van der Waals surface area contributed by atoms with Gasteiger partial charge in [-0.3, -0.25) is 0 Å². The Balaban J connectivity index is 0.000000738. The molecule has 1 aliphatic carbocycles. The van der Waals surface area contributed by atoms with E-state index >= 15 is 0 Å². The summed E-state index contributed by atoms with van der Waals surface area (Å²) in [6.45, 7) is 6.72. The Bertz CT molecular complexity index is 1600. The van der Waals surface area contributed by atoms with Gasteiger partial charge >= 0.3 is 18.3 Å². The van der Waals surface area contributed by atoms with Gasteiger partial charge in [0.25, 0.3) is 0 Å². The van der Waals surface area contributed by atoms with Crippen molar-refractivity contribution in [1.82, 2.24) is 14.7 Å². The van der Waals surface area contributed by atoms with Gasteiger partial charge in [0.15, 0.2) is 0 Å². The molecule has 254 valence electrons. The van der Waals surface area contributed by atoms with Crippen molar-refractivity contribution in [3.8, 4) is 0 Å². The van der Waals surface area contributed by atoms with Crippen molar-refractivity contribution >= 4 is 50.3 Å². The molecule has 0 bridgehead atoms. The fraction of sp³-hybridized carbons (Fsp3) is 0.483. The predicted octanol–water partition coefficient (Wildman–Crippen LogP) is 6.98. The number of nitrogens with zero attached hydrogens (tertiary/aromatic N) is 3. The second-order valence-corrected chi connectivity index (χ2v) is 12.8. The second-order valence-electron chi connectivity index (χ2n) is 10.6. The second kappa shape index (κ2) is 15.5. The molecule has 1 aromatic heterocycles. The molecule has 9 nitrogen and oxygen atoms in total. The van der Waals surface area contributed by atoms with E-state index in [4.69, 9.17) is 31.5 Å². The average Bonchev–Trinajstić information content (AvgIpc) is 2.99. The maximum Gasteiger partial charge on any atom is 0.490 e. The molecule has 1 heterocycles. The van der Waals surface area contributed by atoms with Gasteiger partial charge in [0.05, 0.1) is 16.1 Å². The molecule has 0 aliphatic heterocycles. The average molecular weight is 698 g/mol. The topological polar surface area (TPSA) is 125 Å². The molecule has 0 radical (unpaired) electrons. The van der Waals surface area contributed by atoms with Crippen LogP contribution in [0.2, 0.25) is 5.02 Å². The zero-order valence-corrected chi connectivity index (χ0v) is 26.5. The Morgan fingerprint density at radius 3 is 2.07 bits per heavy atom. The molecule has 0 amide bonds. The highest BCUT2D eigenvalue weighted by atomic mass is 35.5. The van der Waals surface area contributed by atoms with E-state index in [2.05, 4.69) is 28.8 Å². The molecule has 1 fully saturated rings. The number of halogens is 7. The standard InChI is InChI=1S/C27H33ClF3N5O2S.C2HF3O2/c1-3-36(4-2)25-21-7-5-6-8-23(21)34-26(35-25)32-16-18-9-11-19(12-10-18)17-33-39(37,38)24-15-20(27(29,30)31)13-14-22(24)28;3-2(4,5)1(6)7/h5-8,13-15,18-19,33H,3-4,9-12,16-17H2,1-2H3,(H,32,34,35);(H,6,7). The Labute approximate surface area is 267 Å². The van der Waals surface area contributed by atoms with Gasteiger partial charge in [-0.2, -0.15) is 31.3 Å². The van der Waals surface area contributed by atoms with Crippen molar-refractivity contribution in [3.05, 3.63) is 53.1 Å². The minimum Gasteiger partial charge on any atom is -0.475 e.